The quantitative estimate of drug-likeness (QED) is 0.349. The normalized spacial score (nSPS) is 12.6. The maximum Gasteiger partial charge on any atom is 0.260 e. The van der Waals surface area contributed by atoms with Gasteiger partial charge in [0.25, 0.3) is 11.8 Å². The van der Waals surface area contributed by atoms with Gasteiger partial charge in [0.15, 0.2) is 0 Å². The van der Waals surface area contributed by atoms with Gasteiger partial charge in [0.05, 0.1) is 21.2 Å². The van der Waals surface area contributed by atoms with Gasteiger partial charge in [-0.2, -0.15) is 0 Å². The summed E-state index contributed by atoms with van der Waals surface area (Å²) in [6.07, 6.45) is 9.25. The van der Waals surface area contributed by atoms with E-state index in [1.165, 1.54) is 35.7 Å². The number of allylic oxidation sites excluding steroid dienone is 2. The zero-order valence-electron chi connectivity index (χ0n) is 17.4. The number of halogens is 3. The lowest BCUT2D eigenvalue weighted by Gasteiger charge is -2.20. The molecule has 0 spiro atoms. The third-order valence-electron chi connectivity index (χ3n) is 4.81. The van der Waals surface area contributed by atoms with Crippen LogP contribution in [0.5, 0.6) is 5.75 Å². The average molecular weight is 536 g/mol. The van der Waals surface area contributed by atoms with E-state index >= 15 is 0 Å². The molecule has 0 saturated heterocycles. The minimum Gasteiger partial charge on any atom is -0.507 e. The highest BCUT2D eigenvalue weighted by atomic mass is 35.5. The second kappa shape index (κ2) is 10.5. The predicted octanol–water partition coefficient (Wildman–Crippen LogP) is 6.20. The third-order valence-corrected chi connectivity index (χ3v) is 6.74. The highest BCUT2D eigenvalue weighted by molar-refractivity contribution is 7.15. The maximum atomic E-state index is 13.1. The minimum absolute atomic E-state index is 0.0864. The fraction of sp³-hybridized carbons (Fsp3) is 0.0870. The van der Waals surface area contributed by atoms with Crippen LogP contribution >= 0.6 is 46.1 Å². The van der Waals surface area contributed by atoms with Gasteiger partial charge in [0.1, 0.15) is 16.6 Å². The van der Waals surface area contributed by atoms with E-state index in [-0.39, 0.29) is 22.0 Å². The molecule has 0 fully saturated rings. The summed E-state index contributed by atoms with van der Waals surface area (Å²) in [5.41, 5.74) is 0.470. The summed E-state index contributed by atoms with van der Waals surface area (Å²) in [4.78, 5) is 32.1. The lowest BCUT2D eigenvalue weighted by atomic mass is 10.0. The van der Waals surface area contributed by atoms with E-state index in [9.17, 15) is 14.7 Å². The first-order valence-electron chi connectivity index (χ1n) is 9.92. The van der Waals surface area contributed by atoms with Crippen molar-refractivity contribution in [3.63, 3.8) is 0 Å². The zero-order chi connectivity index (χ0) is 24.2. The highest BCUT2D eigenvalue weighted by Crippen LogP contribution is 2.36. The standard InChI is InChI=1S/C23H17Cl3N4O3S/c24-14-4-5-18(27-10-14)28-21(32)16-8-15(25)9-17(31)19(16)22(33)29-23-20(26)13(12-34-23)11-30-6-2-1-3-7-30/h1-6,8-10,12,31H,7,11H2,(H,29,33)(H,27,28,32). The van der Waals surface area contributed by atoms with Gasteiger partial charge in [-0.25, -0.2) is 4.98 Å². The van der Waals surface area contributed by atoms with Crippen molar-refractivity contribution in [3.05, 3.63) is 92.0 Å². The molecule has 0 aliphatic carbocycles. The van der Waals surface area contributed by atoms with E-state index in [0.29, 0.717) is 21.6 Å². The summed E-state index contributed by atoms with van der Waals surface area (Å²) in [5.74, 6) is -1.62. The number of benzene rings is 1. The average Bonchev–Trinajstić information content (AvgIpc) is 3.14. The number of nitrogens with one attached hydrogen (secondary N) is 2. The van der Waals surface area contributed by atoms with E-state index in [1.54, 1.807) is 6.07 Å². The molecule has 2 aromatic heterocycles. The van der Waals surface area contributed by atoms with Gasteiger partial charge in [0.2, 0.25) is 0 Å². The number of carbonyl (C=O) groups excluding carboxylic acids is 2. The van der Waals surface area contributed by atoms with Gasteiger partial charge >= 0.3 is 0 Å². The molecule has 11 heteroatoms. The van der Waals surface area contributed by atoms with Crippen LogP contribution in [-0.2, 0) is 6.54 Å². The number of amides is 2. The highest BCUT2D eigenvalue weighted by Gasteiger charge is 2.24. The molecule has 0 unspecified atom stereocenters. The number of rotatable bonds is 6. The smallest absolute Gasteiger partial charge is 0.260 e. The molecule has 1 aromatic carbocycles. The number of hydrogen-bond donors (Lipinski definition) is 3. The Kier molecular flexibility index (Phi) is 7.43. The summed E-state index contributed by atoms with van der Waals surface area (Å²) < 4.78 is 0. The van der Waals surface area contributed by atoms with Crippen molar-refractivity contribution in [1.82, 2.24) is 9.88 Å². The van der Waals surface area contributed by atoms with E-state index < -0.39 is 17.6 Å². The molecule has 1 aliphatic heterocycles. The number of aromatic nitrogens is 1. The van der Waals surface area contributed by atoms with Crippen LogP contribution in [-0.4, -0.2) is 33.3 Å². The molecule has 0 bridgehead atoms. The molecule has 174 valence electrons. The summed E-state index contributed by atoms with van der Waals surface area (Å²) in [6, 6.07) is 5.54. The van der Waals surface area contributed by atoms with Crippen LogP contribution < -0.4 is 10.6 Å². The lowest BCUT2D eigenvalue weighted by molar-refractivity contribution is 0.0988. The van der Waals surface area contributed by atoms with Gasteiger partial charge in [0, 0.05) is 29.9 Å². The van der Waals surface area contributed by atoms with E-state index in [1.807, 2.05) is 29.8 Å². The number of phenolic OH excluding ortho intramolecular Hbond substituents is 1. The second-order valence-corrected chi connectivity index (χ2v) is 9.35. The van der Waals surface area contributed by atoms with Crippen molar-refractivity contribution in [3.8, 4) is 5.75 Å². The summed E-state index contributed by atoms with van der Waals surface area (Å²) in [7, 11) is 0. The van der Waals surface area contributed by atoms with Gasteiger partial charge in [-0.15, -0.1) is 11.3 Å². The summed E-state index contributed by atoms with van der Waals surface area (Å²) in [6.45, 7) is 1.32. The first-order valence-corrected chi connectivity index (χ1v) is 11.9. The molecule has 3 N–H and O–H groups in total. The maximum absolute atomic E-state index is 13.1. The fourth-order valence-corrected chi connectivity index (χ4v) is 4.75. The van der Waals surface area contributed by atoms with E-state index in [0.717, 1.165) is 12.1 Å². The van der Waals surface area contributed by atoms with Crippen molar-refractivity contribution in [2.75, 3.05) is 17.2 Å². The number of pyridine rings is 1. The first kappa shape index (κ1) is 24.1. The Morgan fingerprint density at radius 3 is 2.62 bits per heavy atom. The Balaban J connectivity index is 1.56. The van der Waals surface area contributed by atoms with Crippen molar-refractivity contribution < 1.29 is 14.7 Å². The molecule has 34 heavy (non-hydrogen) atoms. The predicted molar refractivity (Wildman–Crippen MR) is 136 cm³/mol. The topological polar surface area (TPSA) is 94.6 Å². The largest absolute Gasteiger partial charge is 0.507 e. The molecule has 1 aliphatic rings. The number of anilines is 2. The van der Waals surface area contributed by atoms with Crippen LogP contribution in [0.4, 0.5) is 10.8 Å². The fourth-order valence-electron chi connectivity index (χ4n) is 3.22. The second-order valence-electron chi connectivity index (χ2n) is 7.22. The molecule has 0 saturated carbocycles. The van der Waals surface area contributed by atoms with Crippen LogP contribution in [0.25, 0.3) is 0 Å². The Morgan fingerprint density at radius 1 is 1.09 bits per heavy atom. The van der Waals surface area contributed by atoms with Gasteiger partial charge in [-0.05, 0) is 41.9 Å². The Hall–Kier alpha value is -3.04. The van der Waals surface area contributed by atoms with Crippen molar-refractivity contribution in [2.24, 2.45) is 0 Å². The minimum atomic E-state index is -0.709. The first-order chi connectivity index (χ1) is 16.3. The molecule has 7 nitrogen and oxygen atoms in total. The van der Waals surface area contributed by atoms with Crippen LogP contribution in [0, 0.1) is 0 Å². The van der Waals surface area contributed by atoms with Gasteiger partial charge in [-0.1, -0.05) is 47.0 Å². The monoisotopic (exact) mass is 534 g/mol. The SMILES string of the molecule is O=C(Nc1ccc(Cl)cn1)c1cc(Cl)cc(O)c1C(=O)Nc1scc(CN2C=CC=CC2)c1Cl. The van der Waals surface area contributed by atoms with Crippen LogP contribution in [0.2, 0.25) is 15.1 Å². The molecule has 4 rings (SSSR count). The molecule has 0 radical (unpaired) electrons. The van der Waals surface area contributed by atoms with Crippen LogP contribution in [0.1, 0.15) is 26.3 Å². The Labute approximate surface area is 214 Å². The number of hydrogen-bond acceptors (Lipinski definition) is 6. The third kappa shape index (κ3) is 5.53. The van der Waals surface area contributed by atoms with Crippen molar-refractivity contribution in [2.45, 2.75) is 6.54 Å². The molecular weight excluding hydrogens is 519 g/mol. The van der Waals surface area contributed by atoms with Gasteiger partial charge < -0.3 is 20.6 Å². The van der Waals surface area contributed by atoms with Crippen molar-refractivity contribution in [1.29, 1.82) is 0 Å². The number of aromatic hydroxyl groups is 1. The molecule has 3 aromatic rings. The summed E-state index contributed by atoms with van der Waals surface area (Å²) in [5, 5.41) is 18.8. The summed E-state index contributed by atoms with van der Waals surface area (Å²) >= 11 is 19.6. The molecule has 3 heterocycles. The zero-order valence-corrected chi connectivity index (χ0v) is 20.5. The molecule has 0 atom stereocenters. The van der Waals surface area contributed by atoms with Gasteiger partial charge in [-0.3, -0.25) is 9.59 Å². The number of thiophene rings is 1. The molecular formula is C23H17Cl3N4O3S. The Morgan fingerprint density at radius 2 is 1.91 bits per heavy atom. The lowest BCUT2D eigenvalue weighted by Crippen LogP contribution is -2.21. The van der Waals surface area contributed by atoms with E-state index in [2.05, 4.69) is 20.5 Å². The van der Waals surface area contributed by atoms with Crippen LogP contribution in [0.3, 0.4) is 0 Å². The van der Waals surface area contributed by atoms with E-state index in [4.69, 9.17) is 34.8 Å². The molecule has 2 amide bonds. The number of phenols is 1. The number of carbonyl (C=O) groups is 2. The number of nitrogens with zero attached hydrogens (tertiary/aromatic N) is 2. The van der Waals surface area contributed by atoms with Crippen LogP contribution in [0.15, 0.2) is 60.3 Å². The van der Waals surface area contributed by atoms with Crippen molar-refractivity contribution >= 4 is 68.8 Å². The Bertz CT molecular complexity index is 1310.